The van der Waals surface area contributed by atoms with E-state index in [-0.39, 0.29) is 11.7 Å². The molecule has 2 fully saturated rings. The van der Waals surface area contributed by atoms with Crippen LogP contribution < -0.4 is 5.32 Å². The van der Waals surface area contributed by atoms with Crippen LogP contribution in [0.3, 0.4) is 0 Å². The summed E-state index contributed by atoms with van der Waals surface area (Å²) in [6.07, 6.45) is 3.77. The minimum atomic E-state index is -0.257. The molecule has 4 heteroatoms. The van der Waals surface area contributed by atoms with Gasteiger partial charge in [-0.25, -0.2) is 4.79 Å². The van der Waals surface area contributed by atoms with Crippen molar-refractivity contribution in [3.63, 3.8) is 0 Å². The van der Waals surface area contributed by atoms with Crippen molar-refractivity contribution in [1.82, 2.24) is 5.32 Å². The molecule has 2 rings (SSSR count). The third-order valence-electron chi connectivity index (χ3n) is 2.73. The van der Waals surface area contributed by atoms with Crippen LogP contribution in [-0.4, -0.2) is 23.5 Å². The first kappa shape index (κ1) is 8.23. The van der Waals surface area contributed by atoms with Gasteiger partial charge in [0, 0.05) is 5.25 Å². The van der Waals surface area contributed by atoms with Crippen molar-refractivity contribution in [1.29, 1.82) is 0 Å². The van der Waals surface area contributed by atoms with Gasteiger partial charge in [0.15, 0.2) is 0 Å². The molecule has 1 spiro atoms. The summed E-state index contributed by atoms with van der Waals surface area (Å²) in [6.45, 7) is 0.687. The SMILES string of the molecule is O=C1NCC2(CCC(S)CC2)O1. The van der Waals surface area contributed by atoms with Crippen molar-refractivity contribution in [2.75, 3.05) is 6.54 Å². The van der Waals surface area contributed by atoms with Crippen molar-refractivity contribution in [2.24, 2.45) is 0 Å². The van der Waals surface area contributed by atoms with Crippen LogP contribution in [0.25, 0.3) is 0 Å². The van der Waals surface area contributed by atoms with Gasteiger partial charge in [0.1, 0.15) is 5.60 Å². The molecule has 1 aliphatic carbocycles. The first-order valence-corrected chi connectivity index (χ1v) is 4.87. The Morgan fingerprint density at radius 2 is 2.17 bits per heavy atom. The van der Waals surface area contributed by atoms with Crippen LogP contribution in [0, 0.1) is 0 Å². The van der Waals surface area contributed by atoms with Crippen LogP contribution in [0.1, 0.15) is 25.7 Å². The molecule has 0 aromatic rings. The Kier molecular flexibility index (Phi) is 1.94. The summed E-state index contributed by atoms with van der Waals surface area (Å²) in [5.41, 5.74) is -0.184. The predicted molar refractivity (Wildman–Crippen MR) is 48.5 cm³/mol. The summed E-state index contributed by atoms with van der Waals surface area (Å²) in [7, 11) is 0. The van der Waals surface area contributed by atoms with Gasteiger partial charge in [-0.05, 0) is 25.7 Å². The van der Waals surface area contributed by atoms with Crippen LogP contribution >= 0.6 is 12.6 Å². The third kappa shape index (κ3) is 1.40. The Morgan fingerprint density at radius 1 is 1.50 bits per heavy atom. The largest absolute Gasteiger partial charge is 0.441 e. The number of hydrogen-bond donors (Lipinski definition) is 2. The molecule has 0 aromatic carbocycles. The quantitative estimate of drug-likeness (QED) is 0.562. The number of amides is 1. The molecule has 1 heterocycles. The molecule has 2 aliphatic rings. The Balaban J connectivity index is 1.99. The van der Waals surface area contributed by atoms with Crippen LogP contribution in [0.2, 0.25) is 0 Å². The molecule has 0 unspecified atom stereocenters. The van der Waals surface area contributed by atoms with Crippen molar-refractivity contribution >= 4 is 18.7 Å². The molecular weight excluding hydrogens is 174 g/mol. The van der Waals surface area contributed by atoms with Gasteiger partial charge < -0.3 is 10.1 Å². The van der Waals surface area contributed by atoms with Crippen LogP contribution in [0.15, 0.2) is 0 Å². The standard InChI is InChI=1S/C8H13NO2S/c10-7-9-5-8(11-7)3-1-6(12)2-4-8/h6,12H,1-5H2,(H,9,10). The second-order valence-electron chi connectivity index (χ2n) is 3.66. The van der Waals surface area contributed by atoms with Crippen molar-refractivity contribution in [3.8, 4) is 0 Å². The number of thiol groups is 1. The minimum Gasteiger partial charge on any atom is -0.441 e. The molecule has 0 bridgehead atoms. The molecule has 3 nitrogen and oxygen atoms in total. The number of hydrogen-bond acceptors (Lipinski definition) is 3. The monoisotopic (exact) mass is 187 g/mol. The molecule has 0 aromatic heterocycles. The molecule has 0 atom stereocenters. The summed E-state index contributed by atoms with van der Waals surface area (Å²) >= 11 is 4.40. The zero-order chi connectivity index (χ0) is 8.60. The van der Waals surface area contributed by atoms with E-state index in [0.29, 0.717) is 11.8 Å². The third-order valence-corrected chi connectivity index (χ3v) is 3.25. The average Bonchev–Trinajstić information content (AvgIpc) is 2.40. The molecule has 12 heavy (non-hydrogen) atoms. The van der Waals surface area contributed by atoms with Crippen molar-refractivity contribution in [3.05, 3.63) is 0 Å². The van der Waals surface area contributed by atoms with E-state index >= 15 is 0 Å². The zero-order valence-electron chi connectivity index (χ0n) is 6.88. The van der Waals surface area contributed by atoms with Gasteiger partial charge in [-0.15, -0.1) is 0 Å². The highest BCUT2D eigenvalue weighted by Crippen LogP contribution is 2.35. The Bertz CT molecular complexity index is 199. The van der Waals surface area contributed by atoms with E-state index in [1.807, 2.05) is 0 Å². The number of carbonyl (C=O) groups excluding carboxylic acids is 1. The van der Waals surface area contributed by atoms with Gasteiger partial charge in [-0.2, -0.15) is 12.6 Å². The van der Waals surface area contributed by atoms with E-state index in [2.05, 4.69) is 17.9 Å². The molecule has 68 valence electrons. The molecule has 0 radical (unpaired) electrons. The molecular formula is C8H13NO2S. The van der Waals surface area contributed by atoms with Gasteiger partial charge in [0.25, 0.3) is 0 Å². The average molecular weight is 187 g/mol. The Hall–Kier alpha value is -0.380. The lowest BCUT2D eigenvalue weighted by atomic mass is 9.85. The number of rotatable bonds is 0. The fourth-order valence-corrected chi connectivity index (χ4v) is 2.17. The smallest absolute Gasteiger partial charge is 0.407 e. The van der Waals surface area contributed by atoms with Crippen molar-refractivity contribution < 1.29 is 9.53 Å². The van der Waals surface area contributed by atoms with E-state index in [0.717, 1.165) is 25.7 Å². The maximum atomic E-state index is 10.8. The summed E-state index contributed by atoms with van der Waals surface area (Å²) in [5, 5.41) is 3.20. The molecule has 1 N–H and O–H groups in total. The molecule has 1 saturated carbocycles. The fraction of sp³-hybridized carbons (Fsp3) is 0.875. The number of alkyl carbamates (subject to hydrolysis) is 1. The first-order chi connectivity index (χ1) is 5.70. The molecule has 1 saturated heterocycles. The van der Waals surface area contributed by atoms with E-state index in [1.165, 1.54) is 0 Å². The van der Waals surface area contributed by atoms with Crippen LogP contribution in [-0.2, 0) is 4.74 Å². The van der Waals surface area contributed by atoms with E-state index in [9.17, 15) is 4.79 Å². The normalized spacial score (nSPS) is 41.1. The number of nitrogens with one attached hydrogen (secondary N) is 1. The second kappa shape index (κ2) is 2.83. The summed E-state index contributed by atoms with van der Waals surface area (Å²) < 4.78 is 5.25. The van der Waals surface area contributed by atoms with E-state index < -0.39 is 0 Å². The second-order valence-corrected chi connectivity index (χ2v) is 4.39. The van der Waals surface area contributed by atoms with Crippen LogP contribution in [0.4, 0.5) is 4.79 Å². The van der Waals surface area contributed by atoms with Gasteiger partial charge >= 0.3 is 6.09 Å². The molecule has 1 amide bonds. The number of carbonyl (C=O) groups is 1. The maximum Gasteiger partial charge on any atom is 0.407 e. The Labute approximate surface area is 77.3 Å². The lowest BCUT2D eigenvalue weighted by molar-refractivity contribution is 0.0274. The van der Waals surface area contributed by atoms with Crippen molar-refractivity contribution in [2.45, 2.75) is 36.5 Å². The minimum absolute atomic E-state index is 0.184. The van der Waals surface area contributed by atoms with Gasteiger partial charge in [-0.3, -0.25) is 0 Å². The predicted octanol–water partition coefficient (Wildman–Crippen LogP) is 1.34. The lowest BCUT2D eigenvalue weighted by Gasteiger charge is -2.32. The number of ether oxygens (including phenoxy) is 1. The van der Waals surface area contributed by atoms with Gasteiger partial charge in [-0.1, -0.05) is 0 Å². The highest BCUT2D eigenvalue weighted by molar-refractivity contribution is 7.80. The highest BCUT2D eigenvalue weighted by atomic mass is 32.1. The van der Waals surface area contributed by atoms with Crippen LogP contribution in [0.5, 0.6) is 0 Å². The van der Waals surface area contributed by atoms with Gasteiger partial charge in [0.05, 0.1) is 6.54 Å². The topological polar surface area (TPSA) is 38.3 Å². The van der Waals surface area contributed by atoms with E-state index in [1.54, 1.807) is 0 Å². The molecule has 1 aliphatic heterocycles. The van der Waals surface area contributed by atoms with E-state index in [4.69, 9.17) is 4.74 Å². The first-order valence-electron chi connectivity index (χ1n) is 4.35. The van der Waals surface area contributed by atoms with Gasteiger partial charge in [0.2, 0.25) is 0 Å². The Morgan fingerprint density at radius 3 is 2.67 bits per heavy atom. The lowest BCUT2D eigenvalue weighted by Crippen LogP contribution is -2.37. The summed E-state index contributed by atoms with van der Waals surface area (Å²) in [4.78, 5) is 10.8. The maximum absolute atomic E-state index is 10.8. The zero-order valence-corrected chi connectivity index (χ0v) is 7.77. The summed E-state index contributed by atoms with van der Waals surface area (Å²) in [6, 6.07) is 0. The summed E-state index contributed by atoms with van der Waals surface area (Å²) in [5.74, 6) is 0. The fourth-order valence-electron chi connectivity index (χ4n) is 1.91. The highest BCUT2D eigenvalue weighted by Gasteiger charge is 2.42.